The van der Waals surface area contributed by atoms with Crippen LogP contribution < -0.4 is 10.1 Å². The van der Waals surface area contributed by atoms with Gasteiger partial charge in [-0.25, -0.2) is 0 Å². The number of benzene rings is 2. The number of ether oxygens (including phenoxy) is 1. The summed E-state index contributed by atoms with van der Waals surface area (Å²) in [6, 6.07) is 11.6. The summed E-state index contributed by atoms with van der Waals surface area (Å²) in [7, 11) is 0. The van der Waals surface area contributed by atoms with Gasteiger partial charge in [0.25, 0.3) is 5.91 Å². The number of anilines is 1. The van der Waals surface area contributed by atoms with Gasteiger partial charge < -0.3 is 15.2 Å². The molecule has 1 amide bonds. The maximum absolute atomic E-state index is 12.4. The van der Waals surface area contributed by atoms with Crippen molar-refractivity contribution in [1.29, 1.82) is 0 Å². The zero-order valence-electron chi connectivity index (χ0n) is 15.3. The molecule has 0 bridgehead atoms. The van der Waals surface area contributed by atoms with Crippen molar-refractivity contribution < 1.29 is 19.4 Å². The van der Waals surface area contributed by atoms with Gasteiger partial charge in [-0.15, -0.1) is 5.92 Å². The normalized spacial score (nSPS) is 12.3. The fraction of sp³-hybridized carbons (Fsp3) is 0.238. The predicted octanol–water partition coefficient (Wildman–Crippen LogP) is 4.98. The van der Waals surface area contributed by atoms with Crippen LogP contribution in [0, 0.1) is 11.8 Å². The van der Waals surface area contributed by atoms with Crippen molar-refractivity contribution in [2.75, 3.05) is 5.32 Å². The number of carboxylic acids is 1. The number of aliphatic carboxylic acids is 1. The molecule has 0 aromatic heterocycles. The number of hydrogen-bond acceptors (Lipinski definition) is 3. The quantitative estimate of drug-likeness (QED) is 0.620. The molecule has 0 fully saturated rings. The van der Waals surface area contributed by atoms with E-state index in [1.54, 1.807) is 56.3 Å². The Balaban J connectivity index is 2.02. The monoisotopic (exact) mass is 419 g/mol. The van der Waals surface area contributed by atoms with Gasteiger partial charge in [0.05, 0.1) is 12.3 Å². The number of nitrogens with one attached hydrogen (secondary N) is 1. The van der Waals surface area contributed by atoms with Crippen molar-refractivity contribution in [1.82, 2.24) is 0 Å². The molecule has 2 aromatic carbocycles. The third-order valence-corrected chi connectivity index (χ3v) is 4.23. The number of amides is 1. The van der Waals surface area contributed by atoms with Crippen molar-refractivity contribution in [2.24, 2.45) is 0 Å². The van der Waals surface area contributed by atoms with E-state index in [0.717, 1.165) is 5.56 Å². The van der Waals surface area contributed by atoms with E-state index in [1.165, 1.54) is 0 Å². The summed E-state index contributed by atoms with van der Waals surface area (Å²) in [5, 5.41) is 12.6. The van der Waals surface area contributed by atoms with Gasteiger partial charge in [0.2, 0.25) is 0 Å². The Labute approximate surface area is 173 Å². The highest BCUT2D eigenvalue weighted by Crippen LogP contribution is 2.25. The number of hydrogen-bond donors (Lipinski definition) is 2. The van der Waals surface area contributed by atoms with Crippen molar-refractivity contribution in [3.63, 3.8) is 0 Å². The molecule has 0 aliphatic rings. The lowest BCUT2D eigenvalue weighted by atomic mass is 9.96. The van der Waals surface area contributed by atoms with Crippen molar-refractivity contribution in [3.8, 4) is 17.6 Å². The van der Waals surface area contributed by atoms with Crippen LogP contribution in [0.4, 0.5) is 5.69 Å². The zero-order valence-corrected chi connectivity index (χ0v) is 16.8. The first-order valence-electron chi connectivity index (χ1n) is 8.46. The van der Waals surface area contributed by atoms with E-state index in [4.69, 9.17) is 33.0 Å². The number of carbonyl (C=O) groups excluding carboxylic acids is 1. The lowest BCUT2D eigenvalue weighted by Gasteiger charge is -2.16. The van der Waals surface area contributed by atoms with Crippen LogP contribution >= 0.6 is 23.2 Å². The molecule has 0 radical (unpaired) electrons. The third kappa shape index (κ3) is 6.49. The average molecular weight is 420 g/mol. The summed E-state index contributed by atoms with van der Waals surface area (Å²) in [5.41, 5.74) is 1.33. The molecule has 0 aliphatic carbocycles. The minimum Gasteiger partial charge on any atom is -0.481 e. The van der Waals surface area contributed by atoms with Crippen LogP contribution in [0.1, 0.15) is 31.7 Å². The third-order valence-electron chi connectivity index (χ3n) is 3.80. The maximum atomic E-state index is 12.4. The Morgan fingerprint density at radius 1 is 1.14 bits per heavy atom. The summed E-state index contributed by atoms with van der Waals surface area (Å²) >= 11 is 11.9. The Hall–Kier alpha value is -2.68. The molecular formula is C21H19Cl2NO4. The summed E-state index contributed by atoms with van der Waals surface area (Å²) in [4.78, 5) is 23.3. The van der Waals surface area contributed by atoms with Crippen LogP contribution in [0.3, 0.4) is 0 Å². The van der Waals surface area contributed by atoms with E-state index >= 15 is 0 Å². The minimum atomic E-state index is -0.919. The fourth-order valence-electron chi connectivity index (χ4n) is 2.50. The molecule has 2 N–H and O–H groups in total. The van der Waals surface area contributed by atoms with Crippen LogP contribution in [-0.2, 0) is 9.59 Å². The molecule has 2 atom stereocenters. The molecule has 2 aromatic rings. The Kier molecular flexibility index (Phi) is 7.74. The molecule has 0 aliphatic heterocycles. The summed E-state index contributed by atoms with van der Waals surface area (Å²) < 4.78 is 5.58. The summed E-state index contributed by atoms with van der Waals surface area (Å²) in [5.74, 6) is 4.36. The molecule has 5 nitrogen and oxygen atoms in total. The molecule has 146 valence electrons. The van der Waals surface area contributed by atoms with Crippen molar-refractivity contribution >= 4 is 40.8 Å². The van der Waals surface area contributed by atoms with Crippen molar-refractivity contribution in [2.45, 2.75) is 32.3 Å². The second-order valence-electron chi connectivity index (χ2n) is 6.02. The van der Waals surface area contributed by atoms with Gasteiger partial charge in [0.1, 0.15) is 5.75 Å². The van der Waals surface area contributed by atoms with Crippen molar-refractivity contribution in [3.05, 3.63) is 58.1 Å². The van der Waals surface area contributed by atoms with Crippen LogP contribution in [0.15, 0.2) is 42.5 Å². The number of carbonyl (C=O) groups is 2. The van der Waals surface area contributed by atoms with Crippen LogP contribution in [0.5, 0.6) is 5.75 Å². The lowest BCUT2D eigenvalue weighted by molar-refractivity contribution is -0.137. The molecule has 0 saturated carbocycles. The molecular weight excluding hydrogens is 401 g/mol. The summed E-state index contributed by atoms with van der Waals surface area (Å²) in [6.07, 6.45) is -0.862. The van der Waals surface area contributed by atoms with E-state index in [9.17, 15) is 9.59 Å². The number of carboxylic acid groups (broad SMARTS) is 1. The van der Waals surface area contributed by atoms with Gasteiger partial charge >= 0.3 is 5.97 Å². The van der Waals surface area contributed by atoms with E-state index in [2.05, 4.69) is 17.2 Å². The SMILES string of the molecule is CC#CC(CC(=O)O)c1ccc(NC(=O)C(C)Oc2cc(Cl)cc(Cl)c2)cc1. The Morgan fingerprint density at radius 2 is 1.75 bits per heavy atom. The summed E-state index contributed by atoms with van der Waals surface area (Å²) in [6.45, 7) is 3.27. The van der Waals surface area contributed by atoms with E-state index in [1.807, 2.05) is 0 Å². The fourth-order valence-corrected chi connectivity index (χ4v) is 3.00. The average Bonchev–Trinajstić information content (AvgIpc) is 2.60. The van der Waals surface area contributed by atoms with Crippen LogP contribution in [0.25, 0.3) is 0 Å². The Bertz CT molecular complexity index is 896. The highest BCUT2D eigenvalue weighted by molar-refractivity contribution is 6.34. The predicted molar refractivity (Wildman–Crippen MR) is 110 cm³/mol. The van der Waals surface area contributed by atoms with Gasteiger partial charge in [-0.3, -0.25) is 9.59 Å². The highest BCUT2D eigenvalue weighted by Gasteiger charge is 2.17. The molecule has 2 rings (SSSR count). The van der Waals surface area contributed by atoms with E-state index < -0.39 is 18.0 Å². The minimum absolute atomic E-state index is 0.0837. The smallest absolute Gasteiger partial charge is 0.304 e. The van der Waals surface area contributed by atoms with Gasteiger partial charge in [-0.05, 0) is 49.7 Å². The van der Waals surface area contributed by atoms with E-state index in [0.29, 0.717) is 21.5 Å². The largest absolute Gasteiger partial charge is 0.481 e. The first-order chi connectivity index (χ1) is 13.3. The first-order valence-corrected chi connectivity index (χ1v) is 9.21. The molecule has 0 saturated heterocycles. The maximum Gasteiger partial charge on any atom is 0.304 e. The number of rotatable bonds is 7. The lowest BCUT2D eigenvalue weighted by Crippen LogP contribution is -2.30. The molecule has 2 unspecified atom stereocenters. The molecule has 7 heteroatoms. The van der Waals surface area contributed by atoms with Crippen LogP contribution in [0.2, 0.25) is 10.0 Å². The van der Waals surface area contributed by atoms with Crippen LogP contribution in [-0.4, -0.2) is 23.1 Å². The Morgan fingerprint density at radius 3 is 2.29 bits per heavy atom. The molecule has 0 heterocycles. The number of halogens is 2. The van der Waals surface area contributed by atoms with Gasteiger partial charge in [0, 0.05) is 15.7 Å². The second-order valence-corrected chi connectivity index (χ2v) is 6.89. The zero-order chi connectivity index (χ0) is 20.7. The van der Waals surface area contributed by atoms with E-state index in [-0.39, 0.29) is 12.3 Å². The molecule has 28 heavy (non-hydrogen) atoms. The van der Waals surface area contributed by atoms with Gasteiger partial charge in [-0.2, -0.15) is 0 Å². The molecule has 0 spiro atoms. The van der Waals surface area contributed by atoms with Gasteiger partial charge in [0.15, 0.2) is 6.10 Å². The standard InChI is InChI=1S/C21H19Cl2NO4/c1-3-4-15(9-20(25)26)14-5-7-18(8-6-14)24-21(27)13(2)28-19-11-16(22)10-17(23)12-19/h5-8,10-13,15H,9H2,1-2H3,(H,24,27)(H,25,26). The second kappa shape index (κ2) is 10.0. The first kappa shape index (κ1) is 21.6. The van der Waals surface area contributed by atoms with Gasteiger partial charge in [-0.1, -0.05) is 41.3 Å². The highest BCUT2D eigenvalue weighted by atomic mass is 35.5. The topological polar surface area (TPSA) is 75.6 Å².